The standard InChI is InChI=1S/C15H14N4O3/c20-14(16-7-9-19-8-2-6-17-19)11-4-5-12(18-15(11)21)13-3-1-10-22-13/h1-6,8,10H,7,9H2,(H,16,20)(H,18,21). The zero-order valence-electron chi connectivity index (χ0n) is 11.7. The average molecular weight is 298 g/mol. The smallest absolute Gasteiger partial charge is 0.261 e. The van der Waals surface area contributed by atoms with Crippen molar-refractivity contribution in [2.24, 2.45) is 0 Å². The summed E-state index contributed by atoms with van der Waals surface area (Å²) in [6, 6.07) is 8.39. The number of H-pyrrole nitrogens is 1. The molecule has 0 aromatic carbocycles. The summed E-state index contributed by atoms with van der Waals surface area (Å²) < 4.78 is 6.90. The van der Waals surface area contributed by atoms with E-state index in [1.165, 1.54) is 12.3 Å². The lowest BCUT2D eigenvalue weighted by Gasteiger charge is -2.05. The summed E-state index contributed by atoms with van der Waals surface area (Å²) in [6.07, 6.45) is 4.99. The molecule has 0 atom stereocenters. The Kier molecular flexibility index (Phi) is 3.86. The first-order valence-corrected chi connectivity index (χ1v) is 6.77. The van der Waals surface area contributed by atoms with Gasteiger partial charge in [0.1, 0.15) is 11.3 Å². The molecule has 7 nitrogen and oxygen atoms in total. The maximum absolute atomic E-state index is 12.0. The first-order chi connectivity index (χ1) is 10.7. The zero-order valence-corrected chi connectivity index (χ0v) is 11.7. The van der Waals surface area contributed by atoms with E-state index in [0.717, 1.165) is 0 Å². The van der Waals surface area contributed by atoms with Crippen LogP contribution in [0.3, 0.4) is 0 Å². The van der Waals surface area contributed by atoms with E-state index in [2.05, 4.69) is 15.4 Å². The second-order valence-electron chi connectivity index (χ2n) is 4.62. The summed E-state index contributed by atoms with van der Waals surface area (Å²) in [7, 11) is 0. The first-order valence-electron chi connectivity index (χ1n) is 6.77. The van der Waals surface area contributed by atoms with Gasteiger partial charge in [-0.2, -0.15) is 5.10 Å². The van der Waals surface area contributed by atoms with E-state index < -0.39 is 11.5 Å². The van der Waals surface area contributed by atoms with Gasteiger partial charge < -0.3 is 14.7 Å². The number of carbonyl (C=O) groups is 1. The van der Waals surface area contributed by atoms with Gasteiger partial charge in [-0.05, 0) is 30.3 Å². The van der Waals surface area contributed by atoms with Gasteiger partial charge in [-0.1, -0.05) is 0 Å². The second-order valence-corrected chi connectivity index (χ2v) is 4.62. The van der Waals surface area contributed by atoms with E-state index >= 15 is 0 Å². The monoisotopic (exact) mass is 298 g/mol. The SMILES string of the molecule is O=C(NCCn1cccn1)c1ccc(-c2ccco2)[nH]c1=O. The number of amides is 1. The molecule has 0 saturated carbocycles. The summed E-state index contributed by atoms with van der Waals surface area (Å²) in [4.78, 5) is 26.6. The fourth-order valence-electron chi connectivity index (χ4n) is 2.04. The molecule has 112 valence electrons. The largest absolute Gasteiger partial charge is 0.463 e. The number of rotatable bonds is 5. The molecular formula is C15H14N4O3. The van der Waals surface area contributed by atoms with Crippen molar-refractivity contribution in [1.82, 2.24) is 20.1 Å². The number of furan rings is 1. The van der Waals surface area contributed by atoms with Gasteiger partial charge in [0.2, 0.25) is 0 Å². The van der Waals surface area contributed by atoms with E-state index in [1.807, 2.05) is 0 Å². The number of aromatic amines is 1. The van der Waals surface area contributed by atoms with Gasteiger partial charge in [0.25, 0.3) is 11.5 Å². The molecule has 3 aromatic rings. The Bertz CT molecular complexity index is 804. The van der Waals surface area contributed by atoms with Crippen molar-refractivity contribution in [3.63, 3.8) is 0 Å². The van der Waals surface area contributed by atoms with Crippen LogP contribution in [0.25, 0.3) is 11.5 Å². The number of hydrogen-bond acceptors (Lipinski definition) is 4. The molecular weight excluding hydrogens is 284 g/mol. The maximum Gasteiger partial charge on any atom is 0.261 e. The van der Waals surface area contributed by atoms with Crippen LogP contribution in [0.4, 0.5) is 0 Å². The third-order valence-corrected chi connectivity index (χ3v) is 3.13. The van der Waals surface area contributed by atoms with E-state index in [-0.39, 0.29) is 5.56 Å². The quantitative estimate of drug-likeness (QED) is 0.741. The third-order valence-electron chi connectivity index (χ3n) is 3.13. The number of nitrogens with one attached hydrogen (secondary N) is 2. The van der Waals surface area contributed by atoms with Crippen molar-refractivity contribution in [3.05, 3.63) is 64.9 Å². The Labute approximate surface area is 125 Å². The van der Waals surface area contributed by atoms with Crippen LogP contribution in [0, 0.1) is 0 Å². The van der Waals surface area contributed by atoms with Gasteiger partial charge in [-0.15, -0.1) is 0 Å². The minimum atomic E-state index is -0.453. The maximum atomic E-state index is 12.0. The predicted octanol–water partition coefficient (Wildman–Crippen LogP) is 1.26. The molecule has 0 bridgehead atoms. The predicted molar refractivity (Wildman–Crippen MR) is 79.3 cm³/mol. The summed E-state index contributed by atoms with van der Waals surface area (Å²) in [5.41, 5.74) is 0.143. The number of hydrogen-bond donors (Lipinski definition) is 2. The lowest BCUT2D eigenvalue weighted by Crippen LogP contribution is -2.32. The van der Waals surface area contributed by atoms with Crippen molar-refractivity contribution in [3.8, 4) is 11.5 Å². The van der Waals surface area contributed by atoms with Crippen molar-refractivity contribution in [1.29, 1.82) is 0 Å². The molecule has 0 unspecified atom stereocenters. The topological polar surface area (TPSA) is 92.9 Å². The lowest BCUT2D eigenvalue weighted by atomic mass is 10.2. The van der Waals surface area contributed by atoms with Crippen LogP contribution in [0.15, 0.2) is 58.2 Å². The van der Waals surface area contributed by atoms with Gasteiger partial charge in [-0.25, -0.2) is 0 Å². The molecule has 22 heavy (non-hydrogen) atoms. The van der Waals surface area contributed by atoms with E-state index in [0.29, 0.717) is 24.5 Å². The van der Waals surface area contributed by atoms with Crippen LogP contribution in [-0.4, -0.2) is 27.2 Å². The molecule has 0 saturated heterocycles. The summed E-state index contributed by atoms with van der Waals surface area (Å²) in [5, 5.41) is 6.72. The number of carbonyl (C=O) groups excluding carboxylic acids is 1. The number of aromatic nitrogens is 3. The highest BCUT2D eigenvalue weighted by atomic mass is 16.3. The molecule has 1 amide bonds. The first kappa shape index (κ1) is 13.9. The van der Waals surface area contributed by atoms with Crippen LogP contribution in [-0.2, 0) is 6.54 Å². The molecule has 7 heteroatoms. The molecule has 0 aliphatic heterocycles. The molecule has 3 heterocycles. The highest BCUT2D eigenvalue weighted by Gasteiger charge is 2.11. The molecule has 2 N–H and O–H groups in total. The molecule has 3 rings (SSSR count). The second kappa shape index (κ2) is 6.13. The van der Waals surface area contributed by atoms with Crippen LogP contribution < -0.4 is 10.9 Å². The summed E-state index contributed by atoms with van der Waals surface area (Å²) in [5.74, 6) is 0.127. The van der Waals surface area contributed by atoms with Crippen LogP contribution >= 0.6 is 0 Å². The highest BCUT2D eigenvalue weighted by molar-refractivity contribution is 5.93. The molecule has 0 radical (unpaired) electrons. The van der Waals surface area contributed by atoms with Crippen LogP contribution in [0.5, 0.6) is 0 Å². The van der Waals surface area contributed by atoms with Crippen molar-refractivity contribution < 1.29 is 9.21 Å². The molecule has 0 fully saturated rings. The highest BCUT2D eigenvalue weighted by Crippen LogP contribution is 2.15. The zero-order chi connectivity index (χ0) is 15.4. The molecule has 0 aliphatic rings. The minimum absolute atomic E-state index is 0.0655. The Morgan fingerprint density at radius 3 is 2.91 bits per heavy atom. The minimum Gasteiger partial charge on any atom is -0.463 e. The lowest BCUT2D eigenvalue weighted by molar-refractivity contribution is 0.0950. The van der Waals surface area contributed by atoms with Gasteiger partial charge in [-0.3, -0.25) is 14.3 Å². The van der Waals surface area contributed by atoms with Crippen molar-refractivity contribution in [2.75, 3.05) is 6.54 Å². The molecule has 3 aromatic heterocycles. The van der Waals surface area contributed by atoms with Crippen molar-refractivity contribution in [2.45, 2.75) is 6.54 Å². The van der Waals surface area contributed by atoms with Crippen LogP contribution in [0.2, 0.25) is 0 Å². The van der Waals surface area contributed by atoms with Gasteiger partial charge in [0.15, 0.2) is 0 Å². The molecule has 0 aliphatic carbocycles. The van der Waals surface area contributed by atoms with Crippen LogP contribution in [0.1, 0.15) is 10.4 Å². The average Bonchev–Trinajstić information content (AvgIpc) is 3.20. The Hall–Kier alpha value is -3.09. The number of nitrogens with zero attached hydrogens (tertiary/aromatic N) is 2. The van der Waals surface area contributed by atoms with Gasteiger partial charge in [0.05, 0.1) is 18.5 Å². The number of pyridine rings is 1. The fraction of sp³-hybridized carbons (Fsp3) is 0.133. The summed E-state index contributed by atoms with van der Waals surface area (Å²) in [6.45, 7) is 0.932. The normalized spacial score (nSPS) is 10.5. The Balaban J connectivity index is 1.66. The Morgan fingerprint density at radius 1 is 1.32 bits per heavy atom. The van der Waals surface area contributed by atoms with E-state index in [1.54, 1.807) is 41.3 Å². The van der Waals surface area contributed by atoms with E-state index in [4.69, 9.17) is 4.42 Å². The van der Waals surface area contributed by atoms with E-state index in [9.17, 15) is 9.59 Å². The third kappa shape index (κ3) is 2.98. The Morgan fingerprint density at radius 2 is 2.23 bits per heavy atom. The van der Waals surface area contributed by atoms with Gasteiger partial charge >= 0.3 is 0 Å². The van der Waals surface area contributed by atoms with Gasteiger partial charge in [0, 0.05) is 18.9 Å². The fourth-order valence-corrected chi connectivity index (χ4v) is 2.04. The van der Waals surface area contributed by atoms with Crippen molar-refractivity contribution >= 4 is 5.91 Å². The summed E-state index contributed by atoms with van der Waals surface area (Å²) >= 11 is 0. The molecule has 0 spiro atoms.